The molecular formula is C14H17N3O3. The van der Waals surface area contributed by atoms with Gasteiger partial charge in [0.05, 0.1) is 23.7 Å². The van der Waals surface area contributed by atoms with Gasteiger partial charge < -0.3 is 10.4 Å². The van der Waals surface area contributed by atoms with Crippen LogP contribution in [-0.4, -0.2) is 32.6 Å². The van der Waals surface area contributed by atoms with Crippen LogP contribution in [0.4, 0.5) is 0 Å². The van der Waals surface area contributed by atoms with Gasteiger partial charge in [0.2, 0.25) is 0 Å². The van der Waals surface area contributed by atoms with Crippen LogP contribution in [0.25, 0.3) is 5.52 Å². The number of hydrogen-bond acceptors (Lipinski definition) is 3. The number of nitrogens with zero attached hydrogens (tertiary/aromatic N) is 2. The third-order valence-corrected chi connectivity index (χ3v) is 3.06. The molecule has 0 saturated heterocycles. The molecule has 0 aromatic carbocycles. The van der Waals surface area contributed by atoms with E-state index in [4.69, 9.17) is 5.11 Å². The molecule has 1 unspecified atom stereocenters. The van der Waals surface area contributed by atoms with E-state index in [1.807, 2.05) is 19.1 Å². The summed E-state index contributed by atoms with van der Waals surface area (Å²) < 4.78 is 1.61. The van der Waals surface area contributed by atoms with E-state index < -0.39 is 5.97 Å². The van der Waals surface area contributed by atoms with Crippen LogP contribution in [-0.2, 0) is 4.79 Å². The van der Waals surface area contributed by atoms with E-state index in [1.165, 1.54) is 6.20 Å². The van der Waals surface area contributed by atoms with Gasteiger partial charge in [0.25, 0.3) is 5.91 Å². The Morgan fingerprint density at radius 1 is 1.45 bits per heavy atom. The van der Waals surface area contributed by atoms with E-state index in [0.29, 0.717) is 17.5 Å². The Balaban J connectivity index is 2.15. The van der Waals surface area contributed by atoms with Crippen LogP contribution in [0.1, 0.15) is 36.5 Å². The van der Waals surface area contributed by atoms with E-state index in [1.54, 1.807) is 16.8 Å². The molecule has 2 heterocycles. The number of aliphatic carboxylic acids is 1. The minimum atomic E-state index is -0.913. The SMILES string of the molecule is CCCC(CC(=O)O)NC(=O)c1cnn2ccccc12. The number of carbonyl (C=O) groups is 2. The monoisotopic (exact) mass is 275 g/mol. The van der Waals surface area contributed by atoms with Gasteiger partial charge in [0.15, 0.2) is 0 Å². The lowest BCUT2D eigenvalue weighted by atomic mass is 10.1. The molecule has 6 nitrogen and oxygen atoms in total. The minimum absolute atomic E-state index is 0.0706. The predicted molar refractivity (Wildman–Crippen MR) is 73.6 cm³/mol. The molecule has 0 aliphatic heterocycles. The van der Waals surface area contributed by atoms with Gasteiger partial charge in [0, 0.05) is 12.2 Å². The second-order valence-electron chi connectivity index (χ2n) is 4.65. The van der Waals surface area contributed by atoms with Gasteiger partial charge in [-0.15, -0.1) is 0 Å². The molecule has 0 fully saturated rings. The summed E-state index contributed by atoms with van der Waals surface area (Å²) in [5, 5.41) is 15.7. The van der Waals surface area contributed by atoms with E-state index in [0.717, 1.165) is 6.42 Å². The van der Waals surface area contributed by atoms with Crippen LogP contribution in [0.5, 0.6) is 0 Å². The van der Waals surface area contributed by atoms with Gasteiger partial charge in [-0.1, -0.05) is 19.4 Å². The van der Waals surface area contributed by atoms with Crippen molar-refractivity contribution in [3.63, 3.8) is 0 Å². The maximum Gasteiger partial charge on any atom is 0.305 e. The molecule has 2 aromatic heterocycles. The summed E-state index contributed by atoms with van der Waals surface area (Å²) in [6.45, 7) is 1.95. The zero-order chi connectivity index (χ0) is 14.5. The highest BCUT2D eigenvalue weighted by Crippen LogP contribution is 2.11. The van der Waals surface area contributed by atoms with Crippen molar-refractivity contribution in [2.75, 3.05) is 0 Å². The number of amides is 1. The first-order valence-corrected chi connectivity index (χ1v) is 6.57. The maximum atomic E-state index is 12.2. The van der Waals surface area contributed by atoms with Crippen molar-refractivity contribution in [2.45, 2.75) is 32.2 Å². The fourth-order valence-corrected chi connectivity index (χ4v) is 2.16. The normalized spacial score (nSPS) is 12.2. The first-order valence-electron chi connectivity index (χ1n) is 6.57. The van der Waals surface area contributed by atoms with Crippen LogP contribution in [0.3, 0.4) is 0 Å². The number of carboxylic acids is 1. The summed E-state index contributed by atoms with van der Waals surface area (Å²) in [6.07, 6.45) is 4.63. The largest absolute Gasteiger partial charge is 0.481 e. The Bertz CT molecular complexity index is 621. The topological polar surface area (TPSA) is 83.7 Å². The molecule has 2 aromatic rings. The molecule has 2 N–H and O–H groups in total. The number of pyridine rings is 1. The quantitative estimate of drug-likeness (QED) is 0.840. The number of rotatable bonds is 6. The molecule has 0 aliphatic carbocycles. The first-order chi connectivity index (χ1) is 9.61. The Morgan fingerprint density at radius 2 is 2.25 bits per heavy atom. The summed E-state index contributed by atoms with van der Waals surface area (Å²) in [7, 11) is 0. The van der Waals surface area contributed by atoms with Crippen molar-refractivity contribution >= 4 is 17.4 Å². The number of fused-ring (bicyclic) bond motifs is 1. The summed E-state index contributed by atoms with van der Waals surface area (Å²) in [5.74, 6) is -1.20. The van der Waals surface area contributed by atoms with E-state index in [-0.39, 0.29) is 18.4 Å². The molecule has 0 radical (unpaired) electrons. The van der Waals surface area contributed by atoms with E-state index in [2.05, 4.69) is 10.4 Å². The molecule has 1 atom stereocenters. The number of nitrogens with one attached hydrogen (secondary N) is 1. The highest BCUT2D eigenvalue weighted by molar-refractivity contribution is 6.00. The van der Waals surface area contributed by atoms with Crippen molar-refractivity contribution in [1.29, 1.82) is 0 Å². The zero-order valence-corrected chi connectivity index (χ0v) is 11.2. The van der Waals surface area contributed by atoms with Crippen molar-refractivity contribution in [2.24, 2.45) is 0 Å². The van der Waals surface area contributed by atoms with Crippen LogP contribution >= 0.6 is 0 Å². The van der Waals surface area contributed by atoms with E-state index in [9.17, 15) is 9.59 Å². The van der Waals surface area contributed by atoms with Gasteiger partial charge in [-0.3, -0.25) is 9.59 Å². The van der Waals surface area contributed by atoms with Gasteiger partial charge in [0.1, 0.15) is 0 Å². The van der Waals surface area contributed by atoms with Crippen molar-refractivity contribution < 1.29 is 14.7 Å². The van der Waals surface area contributed by atoms with Crippen molar-refractivity contribution in [3.8, 4) is 0 Å². The molecule has 106 valence electrons. The highest BCUT2D eigenvalue weighted by Gasteiger charge is 2.18. The third kappa shape index (κ3) is 3.14. The van der Waals surface area contributed by atoms with Gasteiger partial charge in [-0.25, -0.2) is 4.52 Å². The lowest BCUT2D eigenvalue weighted by Crippen LogP contribution is -2.36. The maximum absolute atomic E-state index is 12.2. The fraction of sp³-hybridized carbons (Fsp3) is 0.357. The molecule has 0 saturated carbocycles. The van der Waals surface area contributed by atoms with Crippen molar-refractivity contribution in [1.82, 2.24) is 14.9 Å². The van der Waals surface area contributed by atoms with Crippen LogP contribution in [0, 0.1) is 0 Å². The Morgan fingerprint density at radius 3 is 2.95 bits per heavy atom. The number of carbonyl (C=O) groups excluding carboxylic acids is 1. The average molecular weight is 275 g/mol. The van der Waals surface area contributed by atoms with Gasteiger partial charge in [-0.2, -0.15) is 5.10 Å². The highest BCUT2D eigenvalue weighted by atomic mass is 16.4. The summed E-state index contributed by atoms with van der Waals surface area (Å²) in [5.41, 5.74) is 1.16. The molecule has 6 heteroatoms. The number of aromatic nitrogens is 2. The number of hydrogen-bond donors (Lipinski definition) is 2. The first kappa shape index (κ1) is 14.0. The molecule has 0 spiro atoms. The molecule has 0 bridgehead atoms. The van der Waals surface area contributed by atoms with E-state index >= 15 is 0 Å². The zero-order valence-electron chi connectivity index (χ0n) is 11.2. The molecular weight excluding hydrogens is 258 g/mol. The second-order valence-corrected chi connectivity index (χ2v) is 4.65. The summed E-state index contributed by atoms with van der Waals surface area (Å²) >= 11 is 0. The minimum Gasteiger partial charge on any atom is -0.481 e. The Hall–Kier alpha value is -2.37. The van der Waals surface area contributed by atoms with Gasteiger partial charge >= 0.3 is 5.97 Å². The lowest BCUT2D eigenvalue weighted by Gasteiger charge is -2.15. The summed E-state index contributed by atoms with van der Waals surface area (Å²) in [6, 6.07) is 5.10. The smallest absolute Gasteiger partial charge is 0.305 e. The Labute approximate surface area is 116 Å². The van der Waals surface area contributed by atoms with Crippen LogP contribution < -0.4 is 5.32 Å². The molecule has 0 aliphatic rings. The Kier molecular flexibility index (Phi) is 4.34. The standard InChI is InChI=1S/C14H17N3O3/c1-2-5-10(8-13(18)19)16-14(20)11-9-15-17-7-4-3-6-12(11)17/h3-4,6-7,9-10H,2,5,8H2,1H3,(H,16,20)(H,18,19). The van der Waals surface area contributed by atoms with Gasteiger partial charge in [-0.05, 0) is 18.6 Å². The number of carboxylic acid groups (broad SMARTS) is 1. The lowest BCUT2D eigenvalue weighted by molar-refractivity contribution is -0.137. The third-order valence-electron chi connectivity index (χ3n) is 3.06. The van der Waals surface area contributed by atoms with Crippen LogP contribution in [0.15, 0.2) is 30.6 Å². The molecule has 20 heavy (non-hydrogen) atoms. The fourth-order valence-electron chi connectivity index (χ4n) is 2.16. The molecule has 2 rings (SSSR count). The second kappa shape index (κ2) is 6.18. The summed E-state index contributed by atoms with van der Waals surface area (Å²) in [4.78, 5) is 23.0. The predicted octanol–water partition coefficient (Wildman–Crippen LogP) is 1.71. The molecule has 1 amide bonds. The van der Waals surface area contributed by atoms with Crippen LogP contribution in [0.2, 0.25) is 0 Å². The van der Waals surface area contributed by atoms with Crippen molar-refractivity contribution in [3.05, 3.63) is 36.2 Å². The average Bonchev–Trinajstić information content (AvgIpc) is 2.82.